The summed E-state index contributed by atoms with van der Waals surface area (Å²) in [6.07, 6.45) is 14.1. The Hall–Kier alpha value is -0.340. The summed E-state index contributed by atoms with van der Waals surface area (Å²) in [5.41, 5.74) is 0. The Labute approximate surface area is 129 Å². The summed E-state index contributed by atoms with van der Waals surface area (Å²) in [4.78, 5) is 5.64. The third-order valence-electron chi connectivity index (χ3n) is 7.49. The summed E-state index contributed by atoms with van der Waals surface area (Å²) in [5.74, 6) is 5.01. The Kier molecular flexibility index (Phi) is 3.19. The largest absolute Gasteiger partial charge is 0.300 e. The van der Waals surface area contributed by atoms with Gasteiger partial charge in [0.2, 0.25) is 0 Å². The van der Waals surface area contributed by atoms with E-state index in [4.69, 9.17) is 0 Å². The lowest BCUT2D eigenvalue weighted by Crippen LogP contribution is -2.52. The van der Waals surface area contributed by atoms with Crippen LogP contribution in [0.4, 0.5) is 0 Å². The van der Waals surface area contributed by atoms with Crippen LogP contribution in [0.2, 0.25) is 0 Å². The van der Waals surface area contributed by atoms with E-state index < -0.39 is 0 Å². The van der Waals surface area contributed by atoms with Crippen molar-refractivity contribution >= 4 is 0 Å². The molecule has 5 rings (SSSR count). The van der Waals surface area contributed by atoms with Crippen LogP contribution in [0.5, 0.6) is 0 Å². The van der Waals surface area contributed by atoms with Gasteiger partial charge in [0.05, 0.1) is 0 Å². The van der Waals surface area contributed by atoms with Gasteiger partial charge in [0.25, 0.3) is 0 Å². The molecule has 1 saturated heterocycles. The normalized spacial score (nSPS) is 49.5. The van der Waals surface area contributed by atoms with Crippen LogP contribution in [0.25, 0.3) is 0 Å². The van der Waals surface area contributed by atoms with E-state index in [1.165, 1.54) is 58.4 Å². The van der Waals surface area contributed by atoms with E-state index in [9.17, 15) is 0 Å². The highest BCUT2D eigenvalue weighted by Crippen LogP contribution is 2.47. The van der Waals surface area contributed by atoms with Gasteiger partial charge in [0, 0.05) is 38.8 Å². The van der Waals surface area contributed by atoms with Crippen molar-refractivity contribution in [3.8, 4) is 0 Å². The molecule has 5 aliphatic rings. The highest BCUT2D eigenvalue weighted by molar-refractivity contribution is 5.10. The molecular weight excluding hydrogens is 256 g/mol. The highest BCUT2D eigenvalue weighted by Gasteiger charge is 2.43. The fourth-order valence-electron chi connectivity index (χ4n) is 6.37. The van der Waals surface area contributed by atoms with Gasteiger partial charge in [-0.25, -0.2) is 0 Å². The molecule has 0 aromatic heterocycles. The van der Waals surface area contributed by atoms with Gasteiger partial charge in [0.1, 0.15) is 0 Å². The number of fused-ring (bicyclic) bond motifs is 4. The van der Waals surface area contributed by atoms with E-state index in [2.05, 4.69) is 22.0 Å². The molecule has 0 aromatic rings. The Bertz CT molecular complexity index is 423. The first-order chi connectivity index (χ1) is 10.3. The molecule has 4 aliphatic carbocycles. The van der Waals surface area contributed by atoms with Crippen molar-refractivity contribution in [3.63, 3.8) is 0 Å². The van der Waals surface area contributed by atoms with E-state index in [1.54, 1.807) is 12.8 Å². The van der Waals surface area contributed by atoms with Crippen LogP contribution in [0, 0.1) is 29.6 Å². The number of allylic oxidation sites excluding steroid dienone is 2. The Morgan fingerprint density at radius 3 is 2.38 bits per heavy atom. The molecule has 3 saturated carbocycles. The third-order valence-corrected chi connectivity index (χ3v) is 7.49. The van der Waals surface area contributed by atoms with E-state index >= 15 is 0 Å². The first-order valence-electron chi connectivity index (χ1n) is 9.50. The molecule has 1 heterocycles. The van der Waals surface area contributed by atoms with Gasteiger partial charge in [-0.05, 0) is 61.7 Å². The zero-order chi connectivity index (χ0) is 13.8. The molecule has 116 valence electrons. The van der Waals surface area contributed by atoms with Crippen molar-refractivity contribution in [1.29, 1.82) is 0 Å². The molecule has 0 radical (unpaired) electrons. The molecule has 0 amide bonds. The van der Waals surface area contributed by atoms with Crippen molar-refractivity contribution in [2.45, 2.75) is 44.6 Å². The van der Waals surface area contributed by atoms with Gasteiger partial charge in [0.15, 0.2) is 0 Å². The lowest BCUT2D eigenvalue weighted by molar-refractivity contribution is 0.0618. The second-order valence-electron chi connectivity index (χ2n) is 8.62. The van der Waals surface area contributed by atoms with Gasteiger partial charge in [-0.3, -0.25) is 4.90 Å². The minimum Gasteiger partial charge on any atom is -0.300 e. The van der Waals surface area contributed by atoms with Crippen molar-refractivity contribution < 1.29 is 0 Å². The van der Waals surface area contributed by atoms with Crippen molar-refractivity contribution in [1.82, 2.24) is 9.80 Å². The van der Waals surface area contributed by atoms with Gasteiger partial charge in [-0.15, -0.1) is 0 Å². The van der Waals surface area contributed by atoms with Crippen LogP contribution in [0.1, 0.15) is 38.5 Å². The number of hydrogen-bond donors (Lipinski definition) is 0. The molecule has 21 heavy (non-hydrogen) atoms. The predicted molar refractivity (Wildman–Crippen MR) is 86.1 cm³/mol. The number of nitrogens with zero attached hydrogens (tertiary/aromatic N) is 2. The van der Waals surface area contributed by atoms with Gasteiger partial charge < -0.3 is 4.90 Å². The van der Waals surface area contributed by atoms with Crippen molar-refractivity contribution in [3.05, 3.63) is 12.2 Å². The molecule has 4 bridgehead atoms. The maximum Gasteiger partial charge on any atom is 0.0127 e. The van der Waals surface area contributed by atoms with Gasteiger partial charge in [-0.1, -0.05) is 18.6 Å². The second kappa shape index (κ2) is 5.09. The fourth-order valence-corrected chi connectivity index (χ4v) is 6.37. The minimum absolute atomic E-state index is 0.929. The number of hydrogen-bond acceptors (Lipinski definition) is 2. The summed E-state index contributed by atoms with van der Waals surface area (Å²) in [7, 11) is 0. The summed E-state index contributed by atoms with van der Waals surface area (Å²) in [6.45, 7) is 6.77. The van der Waals surface area contributed by atoms with Gasteiger partial charge >= 0.3 is 0 Å². The predicted octanol–water partition coefficient (Wildman–Crippen LogP) is 3.00. The molecule has 6 atom stereocenters. The summed E-state index contributed by atoms with van der Waals surface area (Å²) in [5, 5.41) is 0. The van der Waals surface area contributed by atoms with Crippen LogP contribution >= 0.6 is 0 Å². The van der Waals surface area contributed by atoms with Crippen LogP contribution in [-0.4, -0.2) is 48.6 Å². The van der Waals surface area contributed by atoms with Crippen LogP contribution in [-0.2, 0) is 0 Å². The average molecular weight is 286 g/mol. The molecule has 1 aliphatic heterocycles. The zero-order valence-corrected chi connectivity index (χ0v) is 13.3. The van der Waals surface area contributed by atoms with Crippen LogP contribution < -0.4 is 0 Å². The molecule has 2 nitrogen and oxygen atoms in total. The zero-order valence-electron chi connectivity index (χ0n) is 13.3. The third kappa shape index (κ3) is 2.30. The Morgan fingerprint density at radius 1 is 0.857 bits per heavy atom. The maximum absolute atomic E-state index is 2.86. The molecule has 0 N–H and O–H groups in total. The Morgan fingerprint density at radius 2 is 1.76 bits per heavy atom. The van der Waals surface area contributed by atoms with E-state index in [0.717, 1.165) is 35.6 Å². The molecule has 0 aromatic carbocycles. The monoisotopic (exact) mass is 286 g/mol. The van der Waals surface area contributed by atoms with Crippen LogP contribution in [0.3, 0.4) is 0 Å². The van der Waals surface area contributed by atoms with E-state index in [0.29, 0.717) is 0 Å². The first-order valence-corrected chi connectivity index (χ1v) is 9.50. The fraction of sp³-hybridized carbons (Fsp3) is 0.895. The smallest absolute Gasteiger partial charge is 0.0127 e. The molecular formula is C19H30N2. The number of piperazine rings is 1. The first kappa shape index (κ1) is 13.1. The maximum atomic E-state index is 2.86. The topological polar surface area (TPSA) is 6.48 Å². The minimum atomic E-state index is 0.929. The molecule has 4 fully saturated rings. The van der Waals surface area contributed by atoms with E-state index in [1.807, 2.05) is 0 Å². The standard InChI is InChI=1S/C19H30N2/c1-3-16-9-14(1)11-18(16)13-20-5-7-21(8-6-20)19-12-15-2-4-17(19)10-15/h1,3,14-19H,2,4-13H2/t14-,15-,16-,17-,18-,19-/m1/s1. The second-order valence-corrected chi connectivity index (χ2v) is 8.62. The van der Waals surface area contributed by atoms with Gasteiger partial charge in [-0.2, -0.15) is 0 Å². The lowest BCUT2D eigenvalue weighted by atomic mass is 9.92. The highest BCUT2D eigenvalue weighted by atomic mass is 15.3. The average Bonchev–Trinajstić information content (AvgIpc) is 3.28. The summed E-state index contributed by atoms with van der Waals surface area (Å²) < 4.78 is 0. The van der Waals surface area contributed by atoms with Crippen molar-refractivity contribution in [2.75, 3.05) is 32.7 Å². The lowest BCUT2D eigenvalue weighted by Gasteiger charge is -2.42. The van der Waals surface area contributed by atoms with Crippen LogP contribution in [0.15, 0.2) is 12.2 Å². The van der Waals surface area contributed by atoms with Crippen molar-refractivity contribution in [2.24, 2.45) is 29.6 Å². The Balaban J connectivity index is 1.13. The molecule has 0 spiro atoms. The number of rotatable bonds is 3. The summed E-state index contributed by atoms with van der Waals surface area (Å²) >= 11 is 0. The quantitative estimate of drug-likeness (QED) is 0.736. The molecule has 0 unspecified atom stereocenters. The molecule has 2 heteroatoms. The summed E-state index contributed by atoms with van der Waals surface area (Å²) in [6, 6.07) is 0.969. The SMILES string of the molecule is C1=C[C@@H]2C[C@@H]1C[C@@H]2CN1CCN([C@@H]2C[C@@H]3CC[C@@H]2C3)CC1. The van der Waals surface area contributed by atoms with E-state index in [-0.39, 0.29) is 0 Å².